The second-order valence-electron chi connectivity index (χ2n) is 4.38. The lowest BCUT2D eigenvalue weighted by Gasteiger charge is -2.11. The topological polar surface area (TPSA) is 81.4 Å². The fourth-order valence-corrected chi connectivity index (χ4v) is 2.59. The van der Waals surface area contributed by atoms with Crippen LogP contribution in [0.25, 0.3) is 0 Å². The van der Waals surface area contributed by atoms with E-state index in [0.717, 1.165) is 0 Å². The highest BCUT2D eigenvalue weighted by molar-refractivity contribution is 7.89. The fourth-order valence-electron chi connectivity index (χ4n) is 1.34. The molecule has 0 fully saturated rings. The third kappa shape index (κ3) is 3.89. The van der Waals surface area contributed by atoms with Crippen molar-refractivity contribution in [2.45, 2.75) is 25.7 Å². The molecular weight excluding hydrogens is 252 g/mol. The van der Waals surface area contributed by atoms with E-state index in [1.807, 2.05) is 20.8 Å². The molecule has 3 N–H and O–H groups in total. The molecule has 18 heavy (non-hydrogen) atoms. The maximum Gasteiger partial charge on any atom is 0.240 e. The molecule has 0 saturated heterocycles. The van der Waals surface area contributed by atoms with Crippen molar-refractivity contribution in [2.75, 3.05) is 18.9 Å². The van der Waals surface area contributed by atoms with E-state index >= 15 is 0 Å². The lowest BCUT2D eigenvalue weighted by atomic mass is 10.2. The summed E-state index contributed by atoms with van der Waals surface area (Å²) in [6, 6.07) is 4.47. The summed E-state index contributed by atoms with van der Waals surface area (Å²) < 4.78 is 31.7. The molecule has 0 aliphatic heterocycles. The molecule has 102 valence electrons. The molecule has 1 aromatic rings. The van der Waals surface area contributed by atoms with E-state index in [4.69, 9.17) is 10.5 Å². The molecule has 0 amide bonds. The highest BCUT2D eigenvalue weighted by atomic mass is 32.2. The predicted molar refractivity (Wildman–Crippen MR) is 72.0 cm³/mol. The van der Waals surface area contributed by atoms with Crippen LogP contribution in [0.2, 0.25) is 0 Å². The second-order valence-corrected chi connectivity index (χ2v) is 6.15. The Morgan fingerprint density at radius 3 is 2.56 bits per heavy atom. The standard InChI is InChI=1S/C12H20N2O3S/c1-4-17-12-6-5-10(7-11(12)13)18(15,16)14-8-9(2)3/h5-7,9,14H,4,8,13H2,1-3H3. The first kappa shape index (κ1) is 14.8. The van der Waals surface area contributed by atoms with E-state index in [9.17, 15) is 8.42 Å². The fraction of sp³-hybridized carbons (Fsp3) is 0.500. The average Bonchev–Trinajstić information content (AvgIpc) is 2.29. The Morgan fingerprint density at radius 2 is 2.06 bits per heavy atom. The Hall–Kier alpha value is -1.27. The van der Waals surface area contributed by atoms with E-state index in [1.54, 1.807) is 6.07 Å². The third-order valence-corrected chi connectivity index (χ3v) is 3.69. The van der Waals surface area contributed by atoms with Crippen LogP contribution < -0.4 is 15.2 Å². The van der Waals surface area contributed by atoms with Gasteiger partial charge in [0.15, 0.2) is 0 Å². The summed E-state index contributed by atoms with van der Waals surface area (Å²) in [6.07, 6.45) is 0. The summed E-state index contributed by atoms with van der Waals surface area (Å²) in [5.41, 5.74) is 6.07. The highest BCUT2D eigenvalue weighted by Crippen LogP contribution is 2.24. The van der Waals surface area contributed by atoms with Crippen molar-refractivity contribution in [1.29, 1.82) is 0 Å². The molecule has 0 bridgehead atoms. The normalized spacial score (nSPS) is 11.8. The largest absolute Gasteiger partial charge is 0.492 e. The first-order chi connectivity index (χ1) is 8.36. The Balaban J connectivity index is 2.93. The van der Waals surface area contributed by atoms with Gasteiger partial charge in [0, 0.05) is 6.54 Å². The number of hydrogen-bond acceptors (Lipinski definition) is 4. The number of rotatable bonds is 6. The van der Waals surface area contributed by atoms with Gasteiger partial charge in [0.25, 0.3) is 0 Å². The molecule has 0 atom stereocenters. The van der Waals surface area contributed by atoms with Crippen molar-refractivity contribution < 1.29 is 13.2 Å². The van der Waals surface area contributed by atoms with Gasteiger partial charge in [0.1, 0.15) is 5.75 Å². The number of nitrogens with one attached hydrogen (secondary N) is 1. The van der Waals surface area contributed by atoms with E-state index < -0.39 is 10.0 Å². The van der Waals surface area contributed by atoms with Crippen LogP contribution in [0.4, 0.5) is 5.69 Å². The molecule has 0 unspecified atom stereocenters. The molecule has 0 aliphatic rings. The van der Waals surface area contributed by atoms with Crippen molar-refractivity contribution in [1.82, 2.24) is 4.72 Å². The predicted octanol–water partition coefficient (Wildman–Crippen LogP) is 1.60. The summed E-state index contributed by atoms with van der Waals surface area (Å²) in [5, 5.41) is 0. The van der Waals surface area contributed by atoms with Crippen LogP contribution in [0.15, 0.2) is 23.1 Å². The zero-order valence-electron chi connectivity index (χ0n) is 10.9. The molecule has 5 nitrogen and oxygen atoms in total. The summed E-state index contributed by atoms with van der Waals surface area (Å²) >= 11 is 0. The number of anilines is 1. The van der Waals surface area contributed by atoms with Gasteiger partial charge in [-0.05, 0) is 31.0 Å². The van der Waals surface area contributed by atoms with Crippen LogP contribution in [0.3, 0.4) is 0 Å². The van der Waals surface area contributed by atoms with Gasteiger partial charge in [-0.1, -0.05) is 13.8 Å². The van der Waals surface area contributed by atoms with Crippen LogP contribution in [-0.2, 0) is 10.0 Å². The summed E-state index contributed by atoms with van der Waals surface area (Å²) in [7, 11) is -3.50. The second kappa shape index (κ2) is 6.06. The lowest BCUT2D eigenvalue weighted by molar-refractivity contribution is 0.342. The van der Waals surface area contributed by atoms with Gasteiger partial charge in [-0.2, -0.15) is 0 Å². The minimum atomic E-state index is -3.50. The van der Waals surface area contributed by atoms with Gasteiger partial charge in [-0.3, -0.25) is 0 Å². The van der Waals surface area contributed by atoms with Gasteiger partial charge in [0.05, 0.1) is 17.2 Å². The van der Waals surface area contributed by atoms with E-state index in [-0.39, 0.29) is 10.8 Å². The number of sulfonamides is 1. The summed E-state index contributed by atoms with van der Waals surface area (Å²) in [6.45, 7) is 6.61. The smallest absolute Gasteiger partial charge is 0.240 e. The van der Waals surface area contributed by atoms with Crippen LogP contribution in [0, 0.1) is 5.92 Å². The molecule has 0 spiro atoms. The van der Waals surface area contributed by atoms with E-state index in [1.165, 1.54) is 12.1 Å². The molecule has 0 aromatic heterocycles. The zero-order valence-corrected chi connectivity index (χ0v) is 11.8. The number of nitrogens with two attached hydrogens (primary N) is 1. The molecule has 1 rings (SSSR count). The van der Waals surface area contributed by atoms with Crippen molar-refractivity contribution in [3.63, 3.8) is 0 Å². The van der Waals surface area contributed by atoms with Crippen molar-refractivity contribution in [2.24, 2.45) is 5.92 Å². The Labute approximate surface area is 108 Å². The molecule has 6 heteroatoms. The van der Waals surface area contributed by atoms with Gasteiger partial charge in [-0.15, -0.1) is 0 Å². The summed E-state index contributed by atoms with van der Waals surface area (Å²) in [4.78, 5) is 0.157. The number of hydrogen-bond donors (Lipinski definition) is 2. The van der Waals surface area contributed by atoms with Crippen molar-refractivity contribution in [3.8, 4) is 5.75 Å². The van der Waals surface area contributed by atoms with Gasteiger partial charge in [0.2, 0.25) is 10.0 Å². The maximum atomic E-state index is 12.0. The summed E-state index contributed by atoms with van der Waals surface area (Å²) in [5.74, 6) is 0.750. The quantitative estimate of drug-likeness (QED) is 0.771. The van der Waals surface area contributed by atoms with Crippen LogP contribution >= 0.6 is 0 Å². The SMILES string of the molecule is CCOc1ccc(S(=O)(=O)NCC(C)C)cc1N. The number of ether oxygens (including phenoxy) is 1. The maximum absolute atomic E-state index is 12.0. The Bertz CT molecular complexity index is 498. The van der Waals surface area contributed by atoms with Crippen LogP contribution in [0.5, 0.6) is 5.75 Å². The first-order valence-electron chi connectivity index (χ1n) is 5.88. The zero-order chi connectivity index (χ0) is 13.8. The lowest BCUT2D eigenvalue weighted by Crippen LogP contribution is -2.27. The molecule has 1 aromatic carbocycles. The average molecular weight is 272 g/mol. The molecule has 0 aliphatic carbocycles. The minimum Gasteiger partial charge on any atom is -0.492 e. The third-order valence-electron chi connectivity index (χ3n) is 2.27. The molecule has 0 heterocycles. The minimum absolute atomic E-state index is 0.157. The monoisotopic (exact) mass is 272 g/mol. The number of benzene rings is 1. The molecule has 0 radical (unpaired) electrons. The Morgan fingerprint density at radius 1 is 1.39 bits per heavy atom. The van der Waals surface area contributed by atoms with Gasteiger partial charge in [-0.25, -0.2) is 13.1 Å². The first-order valence-corrected chi connectivity index (χ1v) is 7.37. The molecular formula is C12H20N2O3S. The van der Waals surface area contributed by atoms with Gasteiger partial charge >= 0.3 is 0 Å². The van der Waals surface area contributed by atoms with E-state index in [2.05, 4.69) is 4.72 Å². The van der Waals surface area contributed by atoms with Crippen LogP contribution in [-0.4, -0.2) is 21.6 Å². The molecule has 0 saturated carbocycles. The van der Waals surface area contributed by atoms with Crippen molar-refractivity contribution >= 4 is 15.7 Å². The van der Waals surface area contributed by atoms with E-state index in [0.29, 0.717) is 24.6 Å². The highest BCUT2D eigenvalue weighted by Gasteiger charge is 2.15. The van der Waals surface area contributed by atoms with Gasteiger partial charge < -0.3 is 10.5 Å². The Kier molecular flexibility index (Phi) is 4.98. The van der Waals surface area contributed by atoms with Crippen molar-refractivity contribution in [3.05, 3.63) is 18.2 Å². The van der Waals surface area contributed by atoms with Crippen LogP contribution in [0.1, 0.15) is 20.8 Å². The number of nitrogen functional groups attached to an aromatic ring is 1.